The third-order valence-electron chi connectivity index (χ3n) is 1.38. The van der Waals surface area contributed by atoms with Gasteiger partial charge in [-0.3, -0.25) is 0 Å². The summed E-state index contributed by atoms with van der Waals surface area (Å²) in [5, 5.41) is 2.87. The molecular formula is C5H12N2O2. The SMILES string of the molecule is CCC(C)(CON)N=O. The third-order valence-corrected chi connectivity index (χ3v) is 1.38. The molecule has 0 aromatic carbocycles. The number of nitroso groups, excluding NO2 is 1. The molecule has 0 aliphatic heterocycles. The second-order valence-corrected chi connectivity index (χ2v) is 2.25. The maximum absolute atomic E-state index is 10.1. The van der Waals surface area contributed by atoms with Crippen LogP contribution in [0.1, 0.15) is 20.3 Å². The predicted molar refractivity (Wildman–Crippen MR) is 34.6 cm³/mol. The first-order valence-electron chi connectivity index (χ1n) is 2.84. The first-order valence-corrected chi connectivity index (χ1v) is 2.84. The molecule has 54 valence electrons. The Kier molecular flexibility index (Phi) is 3.34. The minimum Gasteiger partial charge on any atom is -0.302 e. The summed E-state index contributed by atoms with van der Waals surface area (Å²) < 4.78 is 0. The van der Waals surface area contributed by atoms with Crippen LogP contribution in [0, 0.1) is 4.91 Å². The Morgan fingerprint density at radius 2 is 2.33 bits per heavy atom. The highest BCUT2D eigenvalue weighted by Gasteiger charge is 2.22. The number of rotatable bonds is 4. The molecule has 0 aliphatic carbocycles. The molecule has 0 heterocycles. The molecule has 1 unspecified atom stereocenters. The van der Waals surface area contributed by atoms with Crippen molar-refractivity contribution < 1.29 is 4.84 Å². The molecule has 0 fully saturated rings. The van der Waals surface area contributed by atoms with Crippen LogP contribution in [0.2, 0.25) is 0 Å². The molecule has 0 saturated carbocycles. The summed E-state index contributed by atoms with van der Waals surface area (Å²) in [5.74, 6) is 4.77. The van der Waals surface area contributed by atoms with E-state index < -0.39 is 5.54 Å². The minimum atomic E-state index is -0.644. The van der Waals surface area contributed by atoms with E-state index in [0.29, 0.717) is 6.42 Å². The van der Waals surface area contributed by atoms with E-state index in [9.17, 15) is 4.91 Å². The van der Waals surface area contributed by atoms with Crippen LogP contribution in [-0.4, -0.2) is 12.1 Å². The van der Waals surface area contributed by atoms with Crippen LogP contribution in [0.15, 0.2) is 5.18 Å². The monoisotopic (exact) mass is 132 g/mol. The summed E-state index contributed by atoms with van der Waals surface area (Å²) in [7, 11) is 0. The van der Waals surface area contributed by atoms with Gasteiger partial charge in [0.2, 0.25) is 0 Å². The zero-order valence-corrected chi connectivity index (χ0v) is 5.76. The smallest absolute Gasteiger partial charge is 0.125 e. The van der Waals surface area contributed by atoms with E-state index >= 15 is 0 Å². The van der Waals surface area contributed by atoms with E-state index in [1.165, 1.54) is 0 Å². The molecule has 0 aromatic rings. The quantitative estimate of drug-likeness (QED) is 0.454. The highest BCUT2D eigenvalue weighted by atomic mass is 16.6. The molecule has 2 N–H and O–H groups in total. The van der Waals surface area contributed by atoms with Crippen molar-refractivity contribution in [1.29, 1.82) is 0 Å². The fourth-order valence-corrected chi connectivity index (χ4v) is 0.372. The Balaban J connectivity index is 3.76. The van der Waals surface area contributed by atoms with Crippen LogP contribution < -0.4 is 5.90 Å². The van der Waals surface area contributed by atoms with Gasteiger partial charge in [-0.25, -0.2) is 5.90 Å². The predicted octanol–water partition coefficient (Wildman–Crippen LogP) is 0.812. The molecule has 4 heteroatoms. The summed E-state index contributed by atoms with van der Waals surface area (Å²) in [6.07, 6.45) is 0.647. The topological polar surface area (TPSA) is 64.7 Å². The van der Waals surface area contributed by atoms with E-state index in [2.05, 4.69) is 10.0 Å². The number of nitrogens with two attached hydrogens (primary N) is 1. The van der Waals surface area contributed by atoms with Crippen molar-refractivity contribution >= 4 is 0 Å². The van der Waals surface area contributed by atoms with Crippen LogP contribution >= 0.6 is 0 Å². The molecular weight excluding hydrogens is 120 g/mol. The van der Waals surface area contributed by atoms with Crippen molar-refractivity contribution in [2.75, 3.05) is 6.61 Å². The largest absolute Gasteiger partial charge is 0.302 e. The van der Waals surface area contributed by atoms with E-state index in [4.69, 9.17) is 5.90 Å². The van der Waals surface area contributed by atoms with Gasteiger partial charge in [0.1, 0.15) is 5.54 Å². The van der Waals surface area contributed by atoms with E-state index in [1.807, 2.05) is 6.92 Å². The Morgan fingerprint density at radius 1 is 1.78 bits per heavy atom. The van der Waals surface area contributed by atoms with Gasteiger partial charge in [-0.1, -0.05) is 12.1 Å². The van der Waals surface area contributed by atoms with Gasteiger partial charge in [-0.2, -0.15) is 4.91 Å². The highest BCUT2D eigenvalue weighted by Crippen LogP contribution is 2.13. The van der Waals surface area contributed by atoms with Crippen molar-refractivity contribution in [2.45, 2.75) is 25.8 Å². The maximum atomic E-state index is 10.1. The number of hydrogen-bond acceptors (Lipinski definition) is 4. The fraction of sp³-hybridized carbons (Fsp3) is 1.00. The summed E-state index contributed by atoms with van der Waals surface area (Å²) in [4.78, 5) is 14.4. The van der Waals surface area contributed by atoms with Gasteiger partial charge in [0.25, 0.3) is 0 Å². The molecule has 0 saturated heterocycles. The van der Waals surface area contributed by atoms with E-state index in [1.54, 1.807) is 6.92 Å². The number of hydrogen-bond donors (Lipinski definition) is 1. The molecule has 0 rings (SSSR count). The molecule has 0 bridgehead atoms. The highest BCUT2D eigenvalue weighted by molar-refractivity contribution is 4.79. The van der Waals surface area contributed by atoms with Crippen molar-refractivity contribution in [3.63, 3.8) is 0 Å². The molecule has 0 aliphatic rings. The van der Waals surface area contributed by atoms with Crippen LogP contribution in [-0.2, 0) is 4.84 Å². The van der Waals surface area contributed by atoms with Crippen LogP contribution in [0.3, 0.4) is 0 Å². The lowest BCUT2D eigenvalue weighted by Crippen LogP contribution is -2.28. The Labute approximate surface area is 54.3 Å². The van der Waals surface area contributed by atoms with Gasteiger partial charge in [0.05, 0.1) is 6.61 Å². The third kappa shape index (κ3) is 2.53. The average Bonchev–Trinajstić information content (AvgIpc) is 1.89. The van der Waals surface area contributed by atoms with Gasteiger partial charge in [0.15, 0.2) is 0 Å². The second kappa shape index (κ2) is 3.53. The first-order chi connectivity index (χ1) is 4.18. The Hall–Kier alpha value is -0.480. The van der Waals surface area contributed by atoms with Gasteiger partial charge in [-0.15, -0.1) is 0 Å². The minimum absolute atomic E-state index is 0.188. The lowest BCUT2D eigenvalue weighted by Gasteiger charge is -2.16. The van der Waals surface area contributed by atoms with Crippen molar-refractivity contribution in [3.8, 4) is 0 Å². The molecule has 1 atom stereocenters. The lowest BCUT2D eigenvalue weighted by molar-refractivity contribution is 0.0913. The first kappa shape index (κ1) is 8.52. The van der Waals surface area contributed by atoms with Gasteiger partial charge in [0, 0.05) is 0 Å². The standard InChI is InChI=1S/C5H12N2O2/c1-3-5(2,7-8)4-9-6/h3-4,6H2,1-2H3. The van der Waals surface area contributed by atoms with Crippen LogP contribution in [0.4, 0.5) is 0 Å². The van der Waals surface area contributed by atoms with Gasteiger partial charge >= 0.3 is 0 Å². The average molecular weight is 132 g/mol. The molecule has 0 spiro atoms. The fourth-order valence-electron chi connectivity index (χ4n) is 0.372. The lowest BCUT2D eigenvalue weighted by atomic mass is 10.0. The van der Waals surface area contributed by atoms with Crippen molar-refractivity contribution in [2.24, 2.45) is 11.1 Å². The summed E-state index contributed by atoms with van der Waals surface area (Å²) >= 11 is 0. The second-order valence-electron chi connectivity index (χ2n) is 2.25. The van der Waals surface area contributed by atoms with Crippen LogP contribution in [0.5, 0.6) is 0 Å². The van der Waals surface area contributed by atoms with Gasteiger partial charge in [-0.05, 0) is 13.3 Å². The molecule has 0 radical (unpaired) electrons. The van der Waals surface area contributed by atoms with E-state index in [0.717, 1.165) is 0 Å². The zero-order chi connectivity index (χ0) is 7.33. The molecule has 0 aromatic heterocycles. The summed E-state index contributed by atoms with van der Waals surface area (Å²) in [5.41, 5.74) is -0.644. The van der Waals surface area contributed by atoms with E-state index in [-0.39, 0.29) is 6.61 Å². The Morgan fingerprint density at radius 3 is 2.44 bits per heavy atom. The molecule has 9 heavy (non-hydrogen) atoms. The van der Waals surface area contributed by atoms with Gasteiger partial charge < -0.3 is 4.84 Å². The Bertz CT molecular complexity index is 97.0. The zero-order valence-electron chi connectivity index (χ0n) is 5.76. The number of nitrogens with zero attached hydrogens (tertiary/aromatic N) is 1. The normalized spacial score (nSPS) is 16.8. The summed E-state index contributed by atoms with van der Waals surface area (Å²) in [6, 6.07) is 0. The van der Waals surface area contributed by atoms with Crippen LogP contribution in [0.25, 0.3) is 0 Å². The van der Waals surface area contributed by atoms with Crippen molar-refractivity contribution in [3.05, 3.63) is 4.91 Å². The maximum Gasteiger partial charge on any atom is 0.125 e. The summed E-state index contributed by atoms with van der Waals surface area (Å²) in [6.45, 7) is 3.75. The van der Waals surface area contributed by atoms with Crippen molar-refractivity contribution in [1.82, 2.24) is 0 Å². The molecule has 4 nitrogen and oxygen atoms in total. The molecule has 0 amide bonds.